The van der Waals surface area contributed by atoms with E-state index in [-0.39, 0.29) is 34.7 Å². The second kappa shape index (κ2) is 7.37. The van der Waals surface area contributed by atoms with Crippen LogP contribution in [0.15, 0.2) is 47.5 Å². The summed E-state index contributed by atoms with van der Waals surface area (Å²) in [4.78, 5) is 4.19. The molecule has 1 saturated carbocycles. The van der Waals surface area contributed by atoms with E-state index in [1.807, 2.05) is 24.3 Å². The minimum Gasteiger partial charge on any atom is -0.474 e. The van der Waals surface area contributed by atoms with E-state index >= 15 is 0 Å². The number of hydrogen-bond acceptors (Lipinski definition) is 6. The lowest BCUT2D eigenvalue weighted by Crippen LogP contribution is -2.13. The van der Waals surface area contributed by atoms with Gasteiger partial charge < -0.3 is 10.1 Å². The van der Waals surface area contributed by atoms with Crippen molar-refractivity contribution < 1.29 is 17.5 Å². The van der Waals surface area contributed by atoms with Crippen LogP contribution in [0.3, 0.4) is 0 Å². The zero-order valence-electron chi connectivity index (χ0n) is 15.9. The second-order valence-electron chi connectivity index (χ2n) is 7.48. The van der Waals surface area contributed by atoms with E-state index in [0.29, 0.717) is 11.7 Å². The predicted octanol–water partition coefficient (Wildman–Crippen LogP) is 3.19. The van der Waals surface area contributed by atoms with Gasteiger partial charge in [-0.05, 0) is 37.5 Å². The number of nitrogens with zero attached hydrogens (tertiary/aromatic N) is 2. The van der Waals surface area contributed by atoms with Crippen LogP contribution >= 0.6 is 0 Å². The van der Waals surface area contributed by atoms with Crippen molar-refractivity contribution in [1.29, 1.82) is 0 Å². The van der Waals surface area contributed by atoms with E-state index in [0.717, 1.165) is 25.0 Å². The number of benzene rings is 1. The molecule has 2 aliphatic rings. The van der Waals surface area contributed by atoms with Gasteiger partial charge in [0.15, 0.2) is 11.6 Å². The normalized spacial score (nSPS) is 22.0. The summed E-state index contributed by atoms with van der Waals surface area (Å²) in [5.74, 6) is 0.779. The molecule has 1 fully saturated rings. The first-order valence-electron chi connectivity index (χ1n) is 9.70. The molecule has 1 aromatic carbocycles. The SMILES string of the molecule is O=S1(=O)NCc2c1ccc(Nc1cc([C@H]3CC[C@@H](Oc4ccccn4)C3)[nH]n1)c2F. The molecule has 8 nitrogen and oxygen atoms in total. The molecule has 2 atom stereocenters. The van der Waals surface area contributed by atoms with Gasteiger partial charge in [-0.25, -0.2) is 22.5 Å². The molecular formula is C20H20FN5O3S. The first-order chi connectivity index (χ1) is 14.5. The van der Waals surface area contributed by atoms with Gasteiger partial charge in [-0.2, -0.15) is 5.10 Å². The van der Waals surface area contributed by atoms with Gasteiger partial charge in [-0.1, -0.05) is 6.07 Å². The summed E-state index contributed by atoms with van der Waals surface area (Å²) in [5, 5.41) is 10.2. The van der Waals surface area contributed by atoms with Crippen LogP contribution < -0.4 is 14.8 Å². The highest BCUT2D eigenvalue weighted by Crippen LogP contribution is 2.37. The lowest BCUT2D eigenvalue weighted by atomic mass is 10.0. The molecule has 1 aliphatic heterocycles. The molecule has 156 valence electrons. The molecule has 1 aliphatic carbocycles. The third kappa shape index (κ3) is 3.52. The summed E-state index contributed by atoms with van der Waals surface area (Å²) in [6, 6.07) is 10.3. The van der Waals surface area contributed by atoms with Crippen LogP contribution in [0.25, 0.3) is 0 Å². The van der Waals surface area contributed by atoms with E-state index < -0.39 is 15.8 Å². The standard InChI is InChI=1S/C20H20FN5O3S/c21-20-14-11-23-30(27,28)17(14)7-6-15(20)24-18-10-16(25-26-18)12-4-5-13(9-12)29-19-3-1-2-8-22-19/h1-3,6-8,10,12-13,23H,4-5,9,11H2,(H2,24,25,26)/t12-,13+/m0/s1. The first kappa shape index (κ1) is 19.0. The molecule has 0 radical (unpaired) electrons. The van der Waals surface area contributed by atoms with Gasteiger partial charge in [0, 0.05) is 42.0 Å². The smallest absolute Gasteiger partial charge is 0.241 e. The summed E-state index contributed by atoms with van der Waals surface area (Å²) in [6.45, 7) is -0.0510. The van der Waals surface area contributed by atoms with Crippen molar-refractivity contribution in [1.82, 2.24) is 19.9 Å². The van der Waals surface area contributed by atoms with Crippen LogP contribution in [0, 0.1) is 5.82 Å². The molecule has 0 unspecified atom stereocenters. The average Bonchev–Trinajstić information content (AvgIpc) is 3.45. The highest BCUT2D eigenvalue weighted by Gasteiger charge is 2.31. The Labute approximate surface area is 172 Å². The van der Waals surface area contributed by atoms with Gasteiger partial charge in [0.2, 0.25) is 15.9 Å². The largest absolute Gasteiger partial charge is 0.474 e. The summed E-state index contributed by atoms with van der Waals surface area (Å²) in [5.41, 5.74) is 1.28. The molecule has 0 spiro atoms. The number of pyridine rings is 1. The molecule has 3 N–H and O–H groups in total. The van der Waals surface area contributed by atoms with Gasteiger partial charge >= 0.3 is 0 Å². The fraction of sp³-hybridized carbons (Fsp3) is 0.300. The number of H-pyrrole nitrogens is 1. The number of rotatable bonds is 5. The zero-order chi connectivity index (χ0) is 20.7. The van der Waals surface area contributed by atoms with E-state index in [1.165, 1.54) is 12.1 Å². The molecule has 0 bridgehead atoms. The Hall–Kier alpha value is -2.98. The Kier molecular flexibility index (Phi) is 4.67. The molecule has 3 aromatic rings. The molecule has 10 heteroatoms. The molecule has 3 heterocycles. The molecular weight excluding hydrogens is 409 g/mol. The van der Waals surface area contributed by atoms with E-state index in [4.69, 9.17) is 4.74 Å². The Balaban J connectivity index is 1.27. The Morgan fingerprint density at radius 2 is 2.10 bits per heavy atom. The number of aromatic amines is 1. The Bertz CT molecular complexity index is 1180. The van der Waals surface area contributed by atoms with Crippen LogP contribution in [0.2, 0.25) is 0 Å². The number of halogens is 1. The number of nitrogens with one attached hydrogen (secondary N) is 3. The van der Waals surface area contributed by atoms with Crippen molar-refractivity contribution in [2.45, 2.75) is 42.7 Å². The van der Waals surface area contributed by atoms with E-state index in [9.17, 15) is 12.8 Å². The highest BCUT2D eigenvalue weighted by atomic mass is 32.2. The summed E-state index contributed by atoms with van der Waals surface area (Å²) in [7, 11) is -3.61. The lowest BCUT2D eigenvalue weighted by molar-refractivity contribution is 0.199. The van der Waals surface area contributed by atoms with Crippen molar-refractivity contribution in [3.63, 3.8) is 0 Å². The Morgan fingerprint density at radius 3 is 2.93 bits per heavy atom. The third-order valence-corrected chi connectivity index (χ3v) is 7.02. The molecule has 2 aromatic heterocycles. The quantitative estimate of drug-likeness (QED) is 0.575. The molecule has 30 heavy (non-hydrogen) atoms. The first-order valence-corrected chi connectivity index (χ1v) is 11.2. The van der Waals surface area contributed by atoms with Crippen LogP contribution in [0.1, 0.15) is 36.4 Å². The van der Waals surface area contributed by atoms with Gasteiger partial charge in [0.1, 0.15) is 6.10 Å². The minimum absolute atomic E-state index is 0.0156. The van der Waals surface area contributed by atoms with Crippen LogP contribution in [-0.2, 0) is 16.6 Å². The van der Waals surface area contributed by atoms with Crippen LogP contribution in [-0.4, -0.2) is 29.7 Å². The fourth-order valence-corrected chi connectivity index (χ4v) is 5.25. The van der Waals surface area contributed by atoms with Crippen molar-refractivity contribution >= 4 is 21.5 Å². The maximum Gasteiger partial charge on any atom is 0.241 e. The van der Waals surface area contributed by atoms with Gasteiger partial charge in [0.05, 0.1) is 10.6 Å². The average molecular weight is 429 g/mol. The number of hydrogen-bond donors (Lipinski definition) is 3. The van der Waals surface area contributed by atoms with Crippen LogP contribution in [0.4, 0.5) is 15.9 Å². The summed E-state index contributed by atoms with van der Waals surface area (Å²) in [6.07, 6.45) is 4.51. The van der Waals surface area contributed by atoms with Gasteiger partial charge in [-0.3, -0.25) is 5.10 Å². The summed E-state index contributed by atoms with van der Waals surface area (Å²) < 4.78 is 46.7. The number of sulfonamides is 1. The lowest BCUT2D eigenvalue weighted by Gasteiger charge is -2.12. The summed E-state index contributed by atoms with van der Waals surface area (Å²) >= 11 is 0. The van der Waals surface area contributed by atoms with Crippen molar-refractivity contribution in [3.05, 3.63) is 59.7 Å². The monoisotopic (exact) mass is 429 g/mol. The molecule has 0 amide bonds. The highest BCUT2D eigenvalue weighted by molar-refractivity contribution is 7.89. The van der Waals surface area contributed by atoms with Gasteiger partial charge in [-0.15, -0.1) is 0 Å². The minimum atomic E-state index is -3.61. The number of fused-ring (bicyclic) bond motifs is 1. The van der Waals surface area contributed by atoms with Crippen molar-refractivity contribution in [2.24, 2.45) is 0 Å². The zero-order valence-corrected chi connectivity index (χ0v) is 16.7. The second-order valence-corrected chi connectivity index (χ2v) is 9.22. The number of ether oxygens (including phenoxy) is 1. The van der Waals surface area contributed by atoms with Crippen molar-refractivity contribution in [2.75, 3.05) is 5.32 Å². The third-order valence-electron chi connectivity index (χ3n) is 5.54. The molecule has 5 rings (SSSR count). The predicted molar refractivity (Wildman–Crippen MR) is 108 cm³/mol. The topological polar surface area (TPSA) is 109 Å². The van der Waals surface area contributed by atoms with Crippen molar-refractivity contribution in [3.8, 4) is 5.88 Å². The van der Waals surface area contributed by atoms with Crippen LogP contribution in [0.5, 0.6) is 5.88 Å². The van der Waals surface area contributed by atoms with Gasteiger partial charge in [0.25, 0.3) is 0 Å². The number of aromatic nitrogens is 3. The van der Waals surface area contributed by atoms with E-state index in [2.05, 4.69) is 25.2 Å². The Morgan fingerprint density at radius 1 is 1.20 bits per heavy atom. The fourth-order valence-electron chi connectivity index (χ4n) is 4.03. The maximum atomic E-state index is 14.7. The number of anilines is 2. The maximum absolute atomic E-state index is 14.7. The van der Waals surface area contributed by atoms with E-state index in [1.54, 1.807) is 6.20 Å². The molecule has 0 saturated heterocycles.